The first-order valence-electron chi connectivity index (χ1n) is 8.42. The minimum absolute atomic E-state index is 0.0756. The zero-order valence-corrected chi connectivity index (χ0v) is 16.0. The topological polar surface area (TPSA) is 69.0 Å². The molecule has 0 aliphatic heterocycles. The third-order valence-corrected chi connectivity index (χ3v) is 4.84. The first kappa shape index (κ1) is 19.8. The molecule has 0 fully saturated rings. The van der Waals surface area contributed by atoms with E-state index in [0.29, 0.717) is 11.0 Å². The summed E-state index contributed by atoms with van der Waals surface area (Å²) in [4.78, 5) is 12.1. The average molecular weight is 404 g/mol. The fraction of sp³-hybridized carbons (Fsp3) is 0.211. The van der Waals surface area contributed by atoms with Crippen LogP contribution < -0.4 is 10.1 Å². The number of nitrogens with one attached hydrogen (secondary N) is 1. The summed E-state index contributed by atoms with van der Waals surface area (Å²) in [6.45, 7) is 1.68. The summed E-state index contributed by atoms with van der Waals surface area (Å²) >= 11 is 1.22. The van der Waals surface area contributed by atoms with E-state index in [1.165, 1.54) is 17.8 Å². The Kier molecular flexibility index (Phi) is 6.25. The number of hydrogen-bond acceptors (Lipinski definition) is 5. The highest BCUT2D eigenvalue weighted by molar-refractivity contribution is 7.99. The molecule has 3 rings (SSSR count). The van der Waals surface area contributed by atoms with E-state index in [1.54, 1.807) is 30.7 Å². The van der Waals surface area contributed by atoms with Gasteiger partial charge in [0.15, 0.2) is 28.7 Å². The van der Waals surface area contributed by atoms with Crippen LogP contribution in [-0.4, -0.2) is 26.4 Å². The van der Waals surface area contributed by atoms with Crippen LogP contribution in [0.2, 0.25) is 0 Å². The highest BCUT2D eigenvalue weighted by Gasteiger charge is 2.19. The highest BCUT2D eigenvalue weighted by atomic mass is 32.2. The number of anilines is 1. The number of thioether (sulfide) groups is 1. The van der Waals surface area contributed by atoms with Gasteiger partial charge in [-0.2, -0.15) is 0 Å². The molecule has 0 aliphatic carbocycles. The minimum atomic E-state index is -0.791. The van der Waals surface area contributed by atoms with Crippen LogP contribution in [0.5, 0.6) is 5.75 Å². The largest absolute Gasteiger partial charge is 0.480 e. The quantitative estimate of drug-likeness (QED) is 0.604. The molecule has 0 saturated carbocycles. The van der Waals surface area contributed by atoms with E-state index in [1.807, 2.05) is 18.2 Å². The Morgan fingerprint density at radius 1 is 1.21 bits per heavy atom. The van der Waals surface area contributed by atoms with Crippen LogP contribution in [0.15, 0.2) is 53.7 Å². The standard InChI is InChI=1S/C19H18F2N4O2S/c1-12(27-16-9-8-13(20)10-15(16)21)18-23-24-19(25(18)2)28-11-17(26)22-14-6-4-3-5-7-14/h3-10,12H,11H2,1-2H3,(H,22,26). The number of aromatic nitrogens is 3. The predicted octanol–water partition coefficient (Wildman–Crippen LogP) is 3.96. The van der Waals surface area contributed by atoms with Crippen molar-refractivity contribution in [3.8, 4) is 5.75 Å². The average Bonchev–Trinajstić information content (AvgIpc) is 3.04. The van der Waals surface area contributed by atoms with E-state index in [9.17, 15) is 13.6 Å². The summed E-state index contributed by atoms with van der Waals surface area (Å²) in [6, 6.07) is 12.2. The second kappa shape index (κ2) is 8.83. The lowest BCUT2D eigenvalue weighted by Gasteiger charge is -2.14. The van der Waals surface area contributed by atoms with Gasteiger partial charge in [0.05, 0.1) is 5.75 Å². The van der Waals surface area contributed by atoms with Gasteiger partial charge in [-0.05, 0) is 31.2 Å². The monoisotopic (exact) mass is 404 g/mol. The van der Waals surface area contributed by atoms with Crippen LogP contribution in [0.1, 0.15) is 18.9 Å². The van der Waals surface area contributed by atoms with Gasteiger partial charge in [-0.25, -0.2) is 8.78 Å². The third kappa shape index (κ3) is 4.86. The minimum Gasteiger partial charge on any atom is -0.480 e. The van der Waals surface area contributed by atoms with E-state index in [-0.39, 0.29) is 17.4 Å². The van der Waals surface area contributed by atoms with Gasteiger partial charge in [-0.15, -0.1) is 10.2 Å². The van der Waals surface area contributed by atoms with Crippen molar-refractivity contribution in [1.82, 2.24) is 14.8 Å². The van der Waals surface area contributed by atoms with Gasteiger partial charge in [0.1, 0.15) is 5.82 Å². The normalized spacial score (nSPS) is 11.9. The summed E-state index contributed by atoms with van der Waals surface area (Å²) in [6.07, 6.45) is -0.620. The fourth-order valence-electron chi connectivity index (χ4n) is 2.47. The molecule has 1 amide bonds. The Bertz CT molecular complexity index is 966. The van der Waals surface area contributed by atoms with Crippen molar-refractivity contribution in [3.05, 3.63) is 66.0 Å². The van der Waals surface area contributed by atoms with Crippen LogP contribution in [0.25, 0.3) is 0 Å². The first-order chi connectivity index (χ1) is 13.4. The third-order valence-electron chi connectivity index (χ3n) is 3.82. The molecule has 0 saturated heterocycles. The van der Waals surface area contributed by atoms with Crippen LogP contribution in [0.3, 0.4) is 0 Å². The molecule has 9 heteroatoms. The number of halogens is 2. The summed E-state index contributed by atoms with van der Waals surface area (Å²) in [5.41, 5.74) is 0.718. The molecule has 1 heterocycles. The first-order valence-corrected chi connectivity index (χ1v) is 9.41. The molecule has 0 spiro atoms. The van der Waals surface area contributed by atoms with E-state index in [4.69, 9.17) is 4.74 Å². The molecule has 0 bridgehead atoms. The van der Waals surface area contributed by atoms with E-state index in [0.717, 1.165) is 17.8 Å². The number of carbonyl (C=O) groups is 1. The van der Waals surface area contributed by atoms with Crippen molar-refractivity contribution in [2.75, 3.05) is 11.1 Å². The SMILES string of the molecule is CC(Oc1ccc(F)cc1F)c1nnc(SCC(=O)Nc2ccccc2)n1C. The van der Waals surface area contributed by atoms with E-state index >= 15 is 0 Å². The predicted molar refractivity (Wildman–Crippen MR) is 102 cm³/mol. The molecule has 3 aromatic rings. The fourth-order valence-corrected chi connectivity index (χ4v) is 3.19. The molecule has 1 aromatic heterocycles. The molecular formula is C19H18F2N4O2S. The second-order valence-electron chi connectivity index (χ2n) is 5.94. The lowest BCUT2D eigenvalue weighted by molar-refractivity contribution is -0.113. The Hall–Kier alpha value is -2.94. The van der Waals surface area contributed by atoms with Crippen LogP contribution in [0.4, 0.5) is 14.5 Å². The molecule has 0 aliphatic rings. The van der Waals surface area contributed by atoms with Crippen molar-refractivity contribution < 1.29 is 18.3 Å². The molecule has 28 heavy (non-hydrogen) atoms. The molecule has 1 atom stereocenters. The van der Waals surface area contributed by atoms with Gasteiger partial charge in [-0.1, -0.05) is 30.0 Å². The van der Waals surface area contributed by atoms with E-state index < -0.39 is 17.7 Å². The van der Waals surface area contributed by atoms with Gasteiger partial charge < -0.3 is 14.6 Å². The maximum Gasteiger partial charge on any atom is 0.234 e. The number of amides is 1. The van der Waals surface area contributed by atoms with Gasteiger partial charge in [0.25, 0.3) is 0 Å². The van der Waals surface area contributed by atoms with Gasteiger partial charge in [-0.3, -0.25) is 4.79 Å². The maximum absolute atomic E-state index is 13.8. The molecule has 0 radical (unpaired) electrons. The van der Waals surface area contributed by atoms with Crippen molar-refractivity contribution in [2.24, 2.45) is 7.05 Å². The summed E-state index contributed by atoms with van der Waals surface area (Å²) < 4.78 is 34.0. The zero-order chi connectivity index (χ0) is 20.1. The molecular weight excluding hydrogens is 386 g/mol. The molecule has 1 N–H and O–H groups in total. The smallest absolute Gasteiger partial charge is 0.234 e. The van der Waals surface area contributed by atoms with Crippen molar-refractivity contribution in [2.45, 2.75) is 18.2 Å². The highest BCUT2D eigenvalue weighted by Crippen LogP contribution is 2.26. The van der Waals surface area contributed by atoms with Gasteiger partial charge in [0.2, 0.25) is 5.91 Å². The van der Waals surface area contributed by atoms with Crippen LogP contribution >= 0.6 is 11.8 Å². The number of rotatable bonds is 7. The number of hydrogen-bond donors (Lipinski definition) is 1. The Balaban J connectivity index is 1.60. The lowest BCUT2D eigenvalue weighted by atomic mass is 10.3. The lowest BCUT2D eigenvalue weighted by Crippen LogP contribution is -2.14. The number of para-hydroxylation sites is 1. The molecule has 146 valence electrons. The second-order valence-corrected chi connectivity index (χ2v) is 6.88. The Morgan fingerprint density at radius 3 is 2.68 bits per heavy atom. The summed E-state index contributed by atoms with van der Waals surface area (Å²) in [5, 5.41) is 11.4. The number of ether oxygens (including phenoxy) is 1. The Morgan fingerprint density at radius 2 is 1.96 bits per heavy atom. The number of nitrogens with zero attached hydrogens (tertiary/aromatic N) is 3. The van der Waals surface area contributed by atoms with Crippen LogP contribution in [-0.2, 0) is 11.8 Å². The van der Waals surface area contributed by atoms with Gasteiger partial charge in [0, 0.05) is 18.8 Å². The van der Waals surface area contributed by atoms with Crippen molar-refractivity contribution in [1.29, 1.82) is 0 Å². The molecule has 2 aromatic carbocycles. The van der Waals surface area contributed by atoms with Crippen molar-refractivity contribution in [3.63, 3.8) is 0 Å². The van der Waals surface area contributed by atoms with Gasteiger partial charge >= 0.3 is 0 Å². The van der Waals surface area contributed by atoms with Crippen molar-refractivity contribution >= 4 is 23.4 Å². The Labute approximate surface area is 164 Å². The van der Waals surface area contributed by atoms with E-state index in [2.05, 4.69) is 15.5 Å². The molecule has 6 nitrogen and oxygen atoms in total. The maximum atomic E-state index is 13.8. The zero-order valence-electron chi connectivity index (χ0n) is 15.2. The number of carbonyl (C=O) groups excluding carboxylic acids is 1. The summed E-state index contributed by atoms with van der Waals surface area (Å²) in [7, 11) is 1.73. The number of benzene rings is 2. The summed E-state index contributed by atoms with van der Waals surface area (Å²) in [5.74, 6) is -1.10. The molecule has 1 unspecified atom stereocenters. The van der Waals surface area contributed by atoms with Crippen LogP contribution in [0, 0.1) is 11.6 Å².